The van der Waals surface area contributed by atoms with Gasteiger partial charge in [-0.1, -0.05) is 0 Å². The maximum atomic E-state index is 5.09. The Morgan fingerprint density at radius 1 is 1.31 bits per heavy atom. The molecule has 84 valence electrons. The molecule has 0 aliphatic carbocycles. The zero-order valence-corrected chi connectivity index (χ0v) is 10.7. The molecule has 6 nitrogen and oxygen atoms in total. The Bertz CT molecular complexity index is 525. The van der Waals surface area contributed by atoms with Gasteiger partial charge in [-0.2, -0.15) is 9.67 Å². The molecule has 7 heteroatoms. The van der Waals surface area contributed by atoms with E-state index in [1.807, 2.05) is 13.8 Å². The molecule has 0 aromatic carbocycles. The number of nitrogens with zero attached hydrogens (tertiary/aromatic N) is 5. The molecule has 0 saturated heterocycles. The van der Waals surface area contributed by atoms with E-state index in [1.165, 1.54) is 0 Å². The summed E-state index contributed by atoms with van der Waals surface area (Å²) in [6, 6.07) is 0. The van der Waals surface area contributed by atoms with E-state index in [0.717, 1.165) is 5.82 Å². The van der Waals surface area contributed by atoms with Gasteiger partial charge in [-0.25, -0.2) is 9.97 Å². The average Bonchev–Trinajstić information content (AvgIpc) is 2.59. The Labute approximate surface area is 101 Å². The van der Waals surface area contributed by atoms with Crippen LogP contribution in [-0.2, 0) is 0 Å². The molecule has 2 aromatic rings. The summed E-state index contributed by atoms with van der Waals surface area (Å²) in [6.45, 7) is 3.66. The largest absolute Gasteiger partial charge is 0.480 e. The predicted molar refractivity (Wildman–Crippen MR) is 60.7 cm³/mol. The zero-order chi connectivity index (χ0) is 11.7. The molecule has 0 atom stereocenters. The van der Waals surface area contributed by atoms with Crippen molar-refractivity contribution >= 4 is 15.9 Å². The summed E-state index contributed by atoms with van der Waals surface area (Å²) in [6.07, 6.45) is 1.62. The normalized spacial score (nSPS) is 10.5. The summed E-state index contributed by atoms with van der Waals surface area (Å²) in [5, 5.41) is 4.20. The molecule has 2 rings (SSSR count). The third-order valence-electron chi connectivity index (χ3n) is 1.96. The second kappa shape index (κ2) is 4.17. The van der Waals surface area contributed by atoms with Crippen molar-refractivity contribution in [3.05, 3.63) is 22.3 Å². The van der Waals surface area contributed by atoms with Crippen LogP contribution in [0.1, 0.15) is 11.6 Å². The van der Waals surface area contributed by atoms with Crippen LogP contribution in [0.4, 0.5) is 0 Å². The van der Waals surface area contributed by atoms with Gasteiger partial charge in [0.2, 0.25) is 5.88 Å². The van der Waals surface area contributed by atoms with Crippen LogP contribution in [0.25, 0.3) is 5.95 Å². The molecular weight excluding hydrogens is 274 g/mol. The first kappa shape index (κ1) is 11.0. The van der Waals surface area contributed by atoms with Crippen molar-refractivity contribution in [3.8, 4) is 11.8 Å². The van der Waals surface area contributed by atoms with Crippen molar-refractivity contribution < 1.29 is 4.74 Å². The van der Waals surface area contributed by atoms with Crippen LogP contribution >= 0.6 is 15.9 Å². The number of rotatable bonds is 2. The van der Waals surface area contributed by atoms with E-state index in [2.05, 4.69) is 36.0 Å². The molecule has 0 bridgehead atoms. The first-order chi connectivity index (χ1) is 7.61. The van der Waals surface area contributed by atoms with Crippen LogP contribution in [0, 0.1) is 13.8 Å². The van der Waals surface area contributed by atoms with Crippen LogP contribution in [0.3, 0.4) is 0 Å². The topological polar surface area (TPSA) is 65.7 Å². The van der Waals surface area contributed by atoms with E-state index in [1.54, 1.807) is 18.0 Å². The first-order valence-corrected chi connectivity index (χ1v) is 5.38. The quantitative estimate of drug-likeness (QED) is 0.835. The molecule has 0 amide bonds. The van der Waals surface area contributed by atoms with E-state index in [4.69, 9.17) is 4.74 Å². The Morgan fingerprint density at radius 3 is 2.62 bits per heavy atom. The SMILES string of the molecule is COc1nc(-n2nc(C)nc2C)ncc1Br. The van der Waals surface area contributed by atoms with Gasteiger partial charge >= 0.3 is 0 Å². The molecule has 0 aliphatic rings. The second-order valence-electron chi connectivity index (χ2n) is 3.15. The van der Waals surface area contributed by atoms with Crippen molar-refractivity contribution in [2.75, 3.05) is 7.11 Å². The van der Waals surface area contributed by atoms with Crippen LogP contribution in [-0.4, -0.2) is 31.8 Å². The molecule has 2 heterocycles. The van der Waals surface area contributed by atoms with Gasteiger partial charge in [0.1, 0.15) is 11.6 Å². The predicted octanol–water partition coefficient (Wildman–Crippen LogP) is 1.45. The minimum absolute atomic E-state index is 0.443. The van der Waals surface area contributed by atoms with Crippen LogP contribution < -0.4 is 4.74 Å². The number of hydrogen-bond donors (Lipinski definition) is 0. The molecule has 0 saturated carbocycles. The van der Waals surface area contributed by atoms with Gasteiger partial charge in [0.05, 0.1) is 17.8 Å². The van der Waals surface area contributed by atoms with Gasteiger partial charge in [0.15, 0.2) is 0 Å². The van der Waals surface area contributed by atoms with Crippen LogP contribution in [0.5, 0.6) is 5.88 Å². The molecular formula is C9H10BrN5O. The van der Waals surface area contributed by atoms with Gasteiger partial charge < -0.3 is 4.74 Å². The van der Waals surface area contributed by atoms with E-state index in [-0.39, 0.29) is 0 Å². The molecule has 0 aliphatic heterocycles. The Kier molecular flexibility index (Phi) is 2.86. The van der Waals surface area contributed by atoms with Gasteiger partial charge in [-0.15, -0.1) is 5.10 Å². The second-order valence-corrected chi connectivity index (χ2v) is 4.00. The maximum Gasteiger partial charge on any atom is 0.255 e. The lowest BCUT2D eigenvalue weighted by atomic mass is 10.6. The highest BCUT2D eigenvalue weighted by atomic mass is 79.9. The average molecular weight is 284 g/mol. The Balaban J connectivity index is 2.52. The van der Waals surface area contributed by atoms with Crippen molar-refractivity contribution in [1.82, 2.24) is 24.7 Å². The van der Waals surface area contributed by atoms with Gasteiger partial charge in [-0.3, -0.25) is 0 Å². The first-order valence-electron chi connectivity index (χ1n) is 4.59. The summed E-state index contributed by atoms with van der Waals surface area (Å²) in [5.74, 6) is 2.33. The van der Waals surface area contributed by atoms with Crippen molar-refractivity contribution in [3.63, 3.8) is 0 Å². The molecule has 0 spiro atoms. The summed E-state index contributed by atoms with van der Waals surface area (Å²) in [4.78, 5) is 12.6. The van der Waals surface area contributed by atoms with Crippen LogP contribution in [0.2, 0.25) is 0 Å². The van der Waals surface area contributed by atoms with Gasteiger partial charge in [0, 0.05) is 0 Å². The van der Waals surface area contributed by atoms with Crippen molar-refractivity contribution in [2.24, 2.45) is 0 Å². The third-order valence-corrected chi connectivity index (χ3v) is 2.50. The molecule has 0 fully saturated rings. The van der Waals surface area contributed by atoms with Crippen LogP contribution in [0.15, 0.2) is 10.7 Å². The fraction of sp³-hybridized carbons (Fsp3) is 0.333. The molecule has 0 N–H and O–H groups in total. The summed E-state index contributed by atoms with van der Waals surface area (Å²) in [5.41, 5.74) is 0. The smallest absolute Gasteiger partial charge is 0.255 e. The lowest BCUT2D eigenvalue weighted by Gasteiger charge is -2.04. The molecule has 16 heavy (non-hydrogen) atoms. The number of methoxy groups -OCH3 is 1. The van der Waals surface area contributed by atoms with Crippen molar-refractivity contribution in [2.45, 2.75) is 13.8 Å². The monoisotopic (exact) mass is 283 g/mol. The van der Waals surface area contributed by atoms with Gasteiger partial charge in [0.25, 0.3) is 5.95 Å². The Hall–Kier alpha value is -1.50. The van der Waals surface area contributed by atoms with Crippen molar-refractivity contribution in [1.29, 1.82) is 0 Å². The minimum Gasteiger partial charge on any atom is -0.480 e. The fourth-order valence-corrected chi connectivity index (χ4v) is 1.65. The summed E-state index contributed by atoms with van der Waals surface area (Å²) >= 11 is 3.29. The molecule has 2 aromatic heterocycles. The van der Waals surface area contributed by atoms with E-state index < -0.39 is 0 Å². The maximum absolute atomic E-state index is 5.09. The number of aryl methyl sites for hydroxylation is 2. The van der Waals surface area contributed by atoms with E-state index >= 15 is 0 Å². The third kappa shape index (κ3) is 1.90. The van der Waals surface area contributed by atoms with E-state index in [0.29, 0.717) is 22.1 Å². The fourth-order valence-electron chi connectivity index (χ4n) is 1.30. The number of hydrogen-bond acceptors (Lipinski definition) is 5. The Morgan fingerprint density at radius 2 is 2.06 bits per heavy atom. The molecule has 0 radical (unpaired) electrons. The molecule has 0 unspecified atom stereocenters. The highest BCUT2D eigenvalue weighted by Gasteiger charge is 2.10. The highest BCUT2D eigenvalue weighted by molar-refractivity contribution is 9.10. The highest BCUT2D eigenvalue weighted by Crippen LogP contribution is 2.21. The lowest BCUT2D eigenvalue weighted by Crippen LogP contribution is -2.06. The zero-order valence-electron chi connectivity index (χ0n) is 9.10. The number of aromatic nitrogens is 5. The number of ether oxygens (including phenoxy) is 1. The number of halogens is 1. The van der Waals surface area contributed by atoms with E-state index in [9.17, 15) is 0 Å². The summed E-state index contributed by atoms with van der Waals surface area (Å²) in [7, 11) is 1.55. The minimum atomic E-state index is 0.443. The standard InChI is InChI=1S/C9H10BrN5O/c1-5-12-6(2)15(14-5)9-11-4-7(10)8(13-9)16-3/h4H,1-3H3. The lowest BCUT2D eigenvalue weighted by molar-refractivity contribution is 0.392. The summed E-state index contributed by atoms with van der Waals surface area (Å²) < 4.78 is 7.37. The van der Waals surface area contributed by atoms with Gasteiger partial charge in [-0.05, 0) is 29.8 Å².